The van der Waals surface area contributed by atoms with Crippen LogP contribution >= 0.6 is 0 Å². The van der Waals surface area contributed by atoms with Gasteiger partial charge >= 0.3 is 0 Å². The molecule has 3 rings (SSSR count). The number of carbonyl (C=O) groups is 1. The highest BCUT2D eigenvalue weighted by atomic mass is 32.2. The Morgan fingerprint density at radius 2 is 1.69 bits per heavy atom. The molecule has 5 nitrogen and oxygen atoms in total. The molecule has 1 heterocycles. The fourth-order valence-corrected chi connectivity index (χ4v) is 5.07. The molecule has 0 aliphatic carbocycles. The molecule has 1 amide bonds. The highest BCUT2D eigenvalue weighted by Gasteiger charge is 2.46. The van der Waals surface area contributed by atoms with E-state index in [2.05, 4.69) is 0 Å². The zero-order valence-electron chi connectivity index (χ0n) is 15.3. The molecule has 2 atom stereocenters. The highest BCUT2D eigenvalue weighted by molar-refractivity contribution is 7.89. The van der Waals surface area contributed by atoms with Crippen molar-refractivity contribution in [2.75, 3.05) is 6.54 Å². The first-order valence-electron chi connectivity index (χ1n) is 8.81. The number of carbonyl (C=O) groups excluding carboxylic acids is 1. The number of amides is 1. The first-order chi connectivity index (χ1) is 12.4. The molecule has 26 heavy (non-hydrogen) atoms. The van der Waals surface area contributed by atoms with Crippen LogP contribution in [0.1, 0.15) is 37.6 Å². The number of hydrogen-bond donors (Lipinski definition) is 0. The van der Waals surface area contributed by atoms with Gasteiger partial charge in [0.2, 0.25) is 15.9 Å². The van der Waals surface area contributed by atoms with Crippen molar-refractivity contribution in [3.8, 4) is 0 Å². The van der Waals surface area contributed by atoms with E-state index in [1.807, 2.05) is 44.2 Å². The summed E-state index contributed by atoms with van der Waals surface area (Å²) in [5.74, 6) is -0.0482. The number of nitrogens with zero attached hydrogens (tertiary/aromatic N) is 2. The number of rotatable bonds is 4. The second-order valence-corrected chi connectivity index (χ2v) is 8.57. The Kier molecular flexibility index (Phi) is 5.16. The third-order valence-electron chi connectivity index (χ3n) is 4.77. The zero-order valence-corrected chi connectivity index (χ0v) is 16.1. The van der Waals surface area contributed by atoms with E-state index in [0.29, 0.717) is 6.42 Å². The summed E-state index contributed by atoms with van der Waals surface area (Å²) in [5.41, 5.74) is 1.80. The molecule has 0 saturated carbocycles. The van der Waals surface area contributed by atoms with Crippen LogP contribution in [0.5, 0.6) is 0 Å². The SMILES string of the molecule is CCC(=O)N1[C@@H](C)CN(S(=O)(=O)c2ccc(C)cc2)[C@H]1c1ccccc1. The molecule has 1 saturated heterocycles. The lowest BCUT2D eigenvalue weighted by molar-refractivity contribution is -0.134. The second kappa shape index (κ2) is 7.21. The lowest BCUT2D eigenvalue weighted by Gasteiger charge is -2.31. The lowest BCUT2D eigenvalue weighted by atomic mass is 10.1. The van der Waals surface area contributed by atoms with E-state index in [9.17, 15) is 13.2 Å². The minimum Gasteiger partial charge on any atom is -0.318 e. The molecule has 2 aromatic rings. The molecular formula is C20H24N2O3S. The van der Waals surface area contributed by atoms with Crippen LogP contribution in [0.2, 0.25) is 0 Å². The van der Waals surface area contributed by atoms with Crippen LogP contribution in [-0.2, 0) is 14.8 Å². The van der Waals surface area contributed by atoms with Gasteiger partial charge in [0.05, 0.1) is 4.90 Å². The summed E-state index contributed by atoms with van der Waals surface area (Å²) in [6, 6.07) is 16.0. The van der Waals surface area contributed by atoms with E-state index in [-0.39, 0.29) is 23.4 Å². The number of aryl methyl sites for hydroxylation is 1. The number of benzene rings is 2. The third kappa shape index (κ3) is 3.27. The van der Waals surface area contributed by atoms with Crippen molar-refractivity contribution in [3.63, 3.8) is 0 Å². The van der Waals surface area contributed by atoms with Crippen LogP contribution in [-0.4, -0.2) is 36.1 Å². The fourth-order valence-electron chi connectivity index (χ4n) is 3.42. The van der Waals surface area contributed by atoms with Gasteiger partial charge in [-0.2, -0.15) is 4.31 Å². The topological polar surface area (TPSA) is 57.7 Å². The number of sulfonamides is 1. The quantitative estimate of drug-likeness (QED) is 0.827. The maximum Gasteiger partial charge on any atom is 0.245 e. The lowest BCUT2D eigenvalue weighted by Crippen LogP contribution is -2.39. The summed E-state index contributed by atoms with van der Waals surface area (Å²) in [7, 11) is -3.72. The van der Waals surface area contributed by atoms with E-state index in [4.69, 9.17) is 0 Å². The molecule has 0 bridgehead atoms. The molecule has 6 heteroatoms. The molecule has 2 aromatic carbocycles. The van der Waals surface area contributed by atoms with E-state index in [0.717, 1.165) is 11.1 Å². The van der Waals surface area contributed by atoms with Gasteiger partial charge in [0.1, 0.15) is 6.17 Å². The Balaban J connectivity index is 2.09. The predicted octanol–water partition coefficient (Wildman–Crippen LogP) is 3.33. The highest BCUT2D eigenvalue weighted by Crippen LogP contribution is 2.38. The van der Waals surface area contributed by atoms with Crippen LogP contribution in [0.25, 0.3) is 0 Å². The monoisotopic (exact) mass is 372 g/mol. The first kappa shape index (κ1) is 18.6. The van der Waals surface area contributed by atoms with Crippen molar-refractivity contribution < 1.29 is 13.2 Å². The molecule has 1 aliphatic heterocycles. The van der Waals surface area contributed by atoms with E-state index in [1.165, 1.54) is 4.31 Å². The largest absolute Gasteiger partial charge is 0.318 e. The van der Waals surface area contributed by atoms with Crippen molar-refractivity contribution in [1.29, 1.82) is 0 Å². The van der Waals surface area contributed by atoms with E-state index in [1.54, 1.807) is 36.1 Å². The maximum absolute atomic E-state index is 13.3. The van der Waals surface area contributed by atoms with Gasteiger partial charge in [-0.1, -0.05) is 55.0 Å². The Bertz CT molecular complexity index is 879. The van der Waals surface area contributed by atoms with Gasteiger partial charge in [-0.15, -0.1) is 0 Å². The minimum absolute atomic E-state index is 0.0482. The molecule has 1 aliphatic rings. The summed E-state index contributed by atoms with van der Waals surface area (Å²) in [4.78, 5) is 14.5. The molecule has 0 spiro atoms. The van der Waals surface area contributed by atoms with Crippen LogP contribution in [0.15, 0.2) is 59.5 Å². The molecule has 0 N–H and O–H groups in total. The molecule has 0 aromatic heterocycles. The summed E-state index contributed by atoms with van der Waals surface area (Å²) < 4.78 is 28.1. The van der Waals surface area contributed by atoms with Crippen LogP contribution in [0.4, 0.5) is 0 Å². The third-order valence-corrected chi connectivity index (χ3v) is 6.61. The standard InChI is InChI=1S/C20H24N2O3S/c1-4-19(23)22-16(3)14-21(20(22)17-8-6-5-7-9-17)26(24,25)18-12-10-15(2)11-13-18/h5-13,16,20H,4,14H2,1-3H3/t16-,20+/m0/s1. The van der Waals surface area contributed by atoms with Crippen LogP contribution in [0.3, 0.4) is 0 Å². The molecule has 138 valence electrons. The summed E-state index contributed by atoms with van der Waals surface area (Å²) in [6.45, 7) is 5.90. The van der Waals surface area contributed by atoms with Crippen LogP contribution < -0.4 is 0 Å². The summed E-state index contributed by atoms with van der Waals surface area (Å²) in [6.07, 6.45) is -0.281. The van der Waals surface area contributed by atoms with Crippen molar-refractivity contribution in [2.45, 2.75) is 44.3 Å². The average Bonchev–Trinajstić information content (AvgIpc) is 3.00. The Morgan fingerprint density at radius 1 is 1.08 bits per heavy atom. The van der Waals surface area contributed by atoms with Gasteiger partial charge in [-0.3, -0.25) is 4.79 Å². The van der Waals surface area contributed by atoms with Gasteiger partial charge in [0.15, 0.2) is 0 Å². The van der Waals surface area contributed by atoms with Gasteiger partial charge < -0.3 is 4.90 Å². The molecular weight excluding hydrogens is 348 g/mol. The fraction of sp³-hybridized carbons (Fsp3) is 0.350. The normalized spacial score (nSPS) is 21.1. The number of hydrogen-bond acceptors (Lipinski definition) is 3. The van der Waals surface area contributed by atoms with Gasteiger partial charge in [0.25, 0.3) is 0 Å². The van der Waals surface area contributed by atoms with Gasteiger partial charge in [0, 0.05) is 19.0 Å². The van der Waals surface area contributed by atoms with Crippen molar-refractivity contribution in [3.05, 3.63) is 65.7 Å². The second-order valence-electron chi connectivity index (χ2n) is 6.68. The summed E-state index contributed by atoms with van der Waals surface area (Å²) in [5, 5.41) is 0. The van der Waals surface area contributed by atoms with Crippen LogP contribution in [0, 0.1) is 6.92 Å². The van der Waals surface area contributed by atoms with Crippen molar-refractivity contribution in [2.24, 2.45) is 0 Å². The van der Waals surface area contributed by atoms with Crippen molar-refractivity contribution >= 4 is 15.9 Å². The molecule has 0 unspecified atom stereocenters. The van der Waals surface area contributed by atoms with E-state index >= 15 is 0 Å². The predicted molar refractivity (Wildman–Crippen MR) is 101 cm³/mol. The first-order valence-corrected chi connectivity index (χ1v) is 10.2. The Morgan fingerprint density at radius 3 is 2.27 bits per heavy atom. The zero-order chi connectivity index (χ0) is 18.9. The Labute approximate surface area is 155 Å². The van der Waals surface area contributed by atoms with Crippen molar-refractivity contribution in [1.82, 2.24) is 9.21 Å². The van der Waals surface area contributed by atoms with E-state index < -0.39 is 16.2 Å². The smallest absolute Gasteiger partial charge is 0.245 e. The summed E-state index contributed by atoms with van der Waals surface area (Å²) >= 11 is 0. The minimum atomic E-state index is -3.72. The Hall–Kier alpha value is -2.18. The molecule has 0 radical (unpaired) electrons. The molecule has 1 fully saturated rings. The average molecular weight is 372 g/mol. The maximum atomic E-state index is 13.3. The van der Waals surface area contributed by atoms with Gasteiger partial charge in [-0.25, -0.2) is 8.42 Å². The van der Waals surface area contributed by atoms with Gasteiger partial charge in [-0.05, 0) is 31.5 Å².